The van der Waals surface area contributed by atoms with Crippen LogP contribution in [0.2, 0.25) is 0 Å². The van der Waals surface area contributed by atoms with Crippen molar-refractivity contribution in [3.63, 3.8) is 0 Å². The van der Waals surface area contributed by atoms with Gasteiger partial charge in [0.2, 0.25) is 0 Å². The van der Waals surface area contributed by atoms with E-state index in [2.05, 4.69) is 13.3 Å². The van der Waals surface area contributed by atoms with Gasteiger partial charge in [-0.2, -0.15) is 0 Å². The summed E-state index contributed by atoms with van der Waals surface area (Å²) in [6, 6.07) is 0. The van der Waals surface area contributed by atoms with Gasteiger partial charge in [0.15, 0.2) is 0 Å². The molecule has 1 saturated carbocycles. The minimum absolute atomic E-state index is 1.01. The second-order valence-corrected chi connectivity index (χ2v) is 3.78. The fourth-order valence-electron chi connectivity index (χ4n) is 1.67. The van der Waals surface area contributed by atoms with E-state index in [-0.39, 0.29) is 0 Å². The summed E-state index contributed by atoms with van der Waals surface area (Å²) in [5.41, 5.74) is 0. The van der Waals surface area contributed by atoms with Gasteiger partial charge in [-0.1, -0.05) is 45.4 Å². The molecule has 0 bridgehead atoms. The van der Waals surface area contributed by atoms with Crippen LogP contribution in [0.3, 0.4) is 0 Å². The predicted molar refractivity (Wildman–Crippen MR) is 50.4 cm³/mol. The number of rotatable bonds is 6. The highest BCUT2D eigenvalue weighted by Crippen LogP contribution is 2.29. The molecular weight excluding hydrogens is 132 g/mol. The van der Waals surface area contributed by atoms with Crippen LogP contribution in [0.5, 0.6) is 0 Å². The van der Waals surface area contributed by atoms with Crippen molar-refractivity contribution in [2.45, 2.75) is 58.3 Å². The number of unbranched alkanes of at least 4 members (excludes halogenated alkanes) is 4. The summed E-state index contributed by atoms with van der Waals surface area (Å²) in [5, 5.41) is 0. The Morgan fingerprint density at radius 3 is 2.45 bits per heavy atom. The molecule has 1 aliphatic carbocycles. The monoisotopic (exact) mass is 153 g/mol. The molecule has 11 heavy (non-hydrogen) atoms. The lowest BCUT2D eigenvalue weighted by Gasteiger charge is -2.24. The van der Waals surface area contributed by atoms with E-state index in [0.717, 1.165) is 5.92 Å². The van der Waals surface area contributed by atoms with Crippen molar-refractivity contribution in [2.75, 3.05) is 0 Å². The van der Waals surface area contributed by atoms with E-state index >= 15 is 0 Å². The second-order valence-electron chi connectivity index (χ2n) is 3.78. The normalized spacial score (nSPS) is 18.3. The first-order chi connectivity index (χ1) is 5.43. The Kier molecular flexibility index (Phi) is 4.65. The molecule has 0 aromatic heterocycles. The smallest absolute Gasteiger partial charge is 0.0355 e. The maximum atomic E-state index is 2.49. The highest BCUT2D eigenvalue weighted by atomic mass is 14.2. The highest BCUT2D eigenvalue weighted by molar-refractivity contribution is 4.86. The fraction of sp³-hybridized carbons (Fsp3) is 0.909. The van der Waals surface area contributed by atoms with Crippen molar-refractivity contribution in [1.82, 2.24) is 0 Å². The van der Waals surface area contributed by atoms with E-state index in [4.69, 9.17) is 0 Å². The number of hydrogen-bond donors (Lipinski definition) is 0. The molecule has 0 heterocycles. The summed E-state index contributed by atoms with van der Waals surface area (Å²) < 4.78 is 0. The SMILES string of the molecule is CCCCCCCC1[CH]CC1. The van der Waals surface area contributed by atoms with Crippen LogP contribution in [-0.2, 0) is 0 Å². The third kappa shape index (κ3) is 3.79. The van der Waals surface area contributed by atoms with Crippen LogP contribution in [-0.4, -0.2) is 0 Å². The van der Waals surface area contributed by atoms with Gasteiger partial charge in [-0.05, 0) is 25.2 Å². The van der Waals surface area contributed by atoms with E-state index in [1.165, 1.54) is 51.4 Å². The van der Waals surface area contributed by atoms with E-state index in [0.29, 0.717) is 0 Å². The third-order valence-corrected chi connectivity index (χ3v) is 2.72. The summed E-state index contributed by atoms with van der Waals surface area (Å²) in [4.78, 5) is 0. The van der Waals surface area contributed by atoms with Crippen LogP contribution in [0.4, 0.5) is 0 Å². The first kappa shape index (κ1) is 9.09. The van der Waals surface area contributed by atoms with Gasteiger partial charge < -0.3 is 0 Å². The first-order valence-electron chi connectivity index (χ1n) is 5.27. The van der Waals surface area contributed by atoms with Gasteiger partial charge >= 0.3 is 0 Å². The van der Waals surface area contributed by atoms with Crippen molar-refractivity contribution in [3.8, 4) is 0 Å². The molecule has 0 N–H and O–H groups in total. The quantitative estimate of drug-likeness (QED) is 0.507. The average Bonchev–Trinajstić information content (AvgIpc) is 1.93. The third-order valence-electron chi connectivity index (χ3n) is 2.72. The van der Waals surface area contributed by atoms with Crippen molar-refractivity contribution >= 4 is 0 Å². The van der Waals surface area contributed by atoms with Gasteiger partial charge in [-0.15, -0.1) is 0 Å². The molecule has 1 aliphatic rings. The molecule has 1 atom stereocenters. The molecule has 1 fully saturated rings. The Morgan fingerprint density at radius 1 is 1.18 bits per heavy atom. The summed E-state index contributed by atoms with van der Waals surface area (Å²) >= 11 is 0. The molecule has 1 unspecified atom stereocenters. The van der Waals surface area contributed by atoms with Gasteiger partial charge in [0.25, 0.3) is 0 Å². The average molecular weight is 153 g/mol. The van der Waals surface area contributed by atoms with E-state index in [1.807, 2.05) is 0 Å². The van der Waals surface area contributed by atoms with Crippen molar-refractivity contribution < 1.29 is 0 Å². The Bertz CT molecular complexity index is 82.0. The summed E-state index contributed by atoms with van der Waals surface area (Å²) in [7, 11) is 0. The fourth-order valence-corrected chi connectivity index (χ4v) is 1.67. The molecule has 0 aliphatic heterocycles. The summed E-state index contributed by atoms with van der Waals surface area (Å²) in [6.45, 7) is 2.28. The molecular formula is C11H21. The van der Waals surface area contributed by atoms with Gasteiger partial charge in [-0.3, -0.25) is 0 Å². The van der Waals surface area contributed by atoms with Crippen molar-refractivity contribution in [2.24, 2.45) is 5.92 Å². The number of hydrogen-bond acceptors (Lipinski definition) is 0. The molecule has 0 spiro atoms. The Balaban J connectivity index is 1.73. The minimum Gasteiger partial charge on any atom is -0.0654 e. The second kappa shape index (κ2) is 5.62. The molecule has 65 valence electrons. The lowest BCUT2D eigenvalue weighted by molar-refractivity contribution is 0.385. The first-order valence-corrected chi connectivity index (χ1v) is 5.27. The maximum Gasteiger partial charge on any atom is -0.0355 e. The molecule has 0 nitrogen and oxygen atoms in total. The van der Waals surface area contributed by atoms with Crippen LogP contribution in [0.25, 0.3) is 0 Å². The van der Waals surface area contributed by atoms with Crippen molar-refractivity contribution in [1.29, 1.82) is 0 Å². The molecule has 0 saturated heterocycles. The largest absolute Gasteiger partial charge is 0.0654 e. The van der Waals surface area contributed by atoms with Crippen LogP contribution in [0.1, 0.15) is 58.3 Å². The standard InChI is InChI=1S/C11H21/c1-2-3-4-5-6-8-11-9-7-10-11/h9,11H,2-8,10H2,1H3. The summed E-state index contributed by atoms with van der Waals surface area (Å²) in [5.74, 6) is 1.01. The van der Waals surface area contributed by atoms with Gasteiger partial charge in [0.05, 0.1) is 0 Å². The zero-order chi connectivity index (χ0) is 7.94. The molecule has 1 rings (SSSR count). The lowest BCUT2D eigenvalue weighted by Crippen LogP contribution is -2.11. The van der Waals surface area contributed by atoms with E-state index in [9.17, 15) is 0 Å². The van der Waals surface area contributed by atoms with Crippen LogP contribution < -0.4 is 0 Å². The molecule has 0 heteroatoms. The van der Waals surface area contributed by atoms with Crippen LogP contribution in [0.15, 0.2) is 0 Å². The van der Waals surface area contributed by atoms with Gasteiger partial charge in [0.1, 0.15) is 0 Å². The van der Waals surface area contributed by atoms with Gasteiger partial charge in [-0.25, -0.2) is 0 Å². The molecule has 1 radical (unpaired) electrons. The molecule has 0 aromatic carbocycles. The van der Waals surface area contributed by atoms with E-state index in [1.54, 1.807) is 0 Å². The highest BCUT2D eigenvalue weighted by Gasteiger charge is 2.16. The minimum atomic E-state index is 1.01. The predicted octanol–water partition coefficient (Wildman–Crippen LogP) is 3.96. The Hall–Kier alpha value is 0. The van der Waals surface area contributed by atoms with Crippen molar-refractivity contribution in [3.05, 3.63) is 6.42 Å². The zero-order valence-corrected chi connectivity index (χ0v) is 7.81. The topological polar surface area (TPSA) is 0 Å². The Morgan fingerprint density at radius 2 is 1.91 bits per heavy atom. The Labute approximate surface area is 71.4 Å². The summed E-state index contributed by atoms with van der Waals surface area (Å²) in [6.07, 6.45) is 14.0. The van der Waals surface area contributed by atoms with Crippen LogP contribution >= 0.6 is 0 Å². The maximum absolute atomic E-state index is 2.49. The molecule has 0 amide bonds. The zero-order valence-electron chi connectivity index (χ0n) is 7.81. The van der Waals surface area contributed by atoms with Crippen LogP contribution in [0, 0.1) is 12.3 Å². The van der Waals surface area contributed by atoms with Gasteiger partial charge in [0, 0.05) is 0 Å². The van der Waals surface area contributed by atoms with E-state index < -0.39 is 0 Å². The molecule has 0 aromatic rings. The lowest BCUT2D eigenvalue weighted by atomic mass is 9.82.